The van der Waals surface area contributed by atoms with E-state index in [0.717, 1.165) is 10.8 Å². The standard InChI is InChI=1S/C17H22N2O7/c1-5-6-9-7-19(16(24)18-13(9)22)14-12(21)11(20)10(26-14)8-25-15(23)17(2,3)4/h7,10-12,14,20-21H,8H2,1-4H3,(H,18,22,24)/t10-,11-,12+,14-/m1/s1. The lowest BCUT2D eigenvalue weighted by Crippen LogP contribution is -2.38. The van der Waals surface area contributed by atoms with Gasteiger partial charge in [-0.15, -0.1) is 5.92 Å². The highest BCUT2D eigenvalue weighted by atomic mass is 16.6. The van der Waals surface area contributed by atoms with Crippen LogP contribution in [-0.2, 0) is 14.3 Å². The van der Waals surface area contributed by atoms with Gasteiger partial charge in [-0.05, 0) is 27.7 Å². The van der Waals surface area contributed by atoms with Crippen LogP contribution in [0.4, 0.5) is 0 Å². The SMILES string of the molecule is CC#Cc1cn([C@@H]2O[C@H](COC(=O)C(C)(C)C)[C@@H](O)[C@@H]2O)c(=O)[nH]c1=O. The van der Waals surface area contributed by atoms with E-state index in [9.17, 15) is 24.6 Å². The van der Waals surface area contributed by atoms with Crippen LogP contribution in [-0.4, -0.2) is 50.7 Å². The first-order chi connectivity index (χ1) is 12.1. The number of ether oxygens (including phenoxy) is 2. The molecule has 1 fully saturated rings. The Morgan fingerprint density at radius 3 is 2.58 bits per heavy atom. The maximum atomic E-state index is 12.0. The van der Waals surface area contributed by atoms with Gasteiger partial charge in [-0.3, -0.25) is 19.1 Å². The third kappa shape index (κ3) is 4.04. The molecule has 0 aliphatic carbocycles. The third-order valence-electron chi connectivity index (χ3n) is 3.83. The predicted molar refractivity (Wildman–Crippen MR) is 90.2 cm³/mol. The molecule has 1 aromatic rings. The number of H-pyrrole nitrogens is 1. The summed E-state index contributed by atoms with van der Waals surface area (Å²) in [6.45, 7) is 6.27. The molecule has 9 nitrogen and oxygen atoms in total. The fourth-order valence-corrected chi connectivity index (χ4v) is 2.37. The summed E-state index contributed by atoms with van der Waals surface area (Å²) >= 11 is 0. The molecule has 0 amide bonds. The number of rotatable bonds is 3. The molecule has 0 aromatic carbocycles. The summed E-state index contributed by atoms with van der Waals surface area (Å²) in [5.41, 5.74) is -2.20. The highest BCUT2D eigenvalue weighted by Crippen LogP contribution is 2.29. The molecule has 2 heterocycles. The average molecular weight is 366 g/mol. The number of aliphatic hydroxyl groups excluding tert-OH is 2. The fourth-order valence-electron chi connectivity index (χ4n) is 2.37. The zero-order valence-corrected chi connectivity index (χ0v) is 15.0. The number of aromatic amines is 1. The quantitative estimate of drug-likeness (QED) is 0.467. The molecule has 142 valence electrons. The summed E-state index contributed by atoms with van der Waals surface area (Å²) in [5.74, 6) is 4.59. The Bertz CT molecular complexity index is 853. The maximum absolute atomic E-state index is 12.0. The fraction of sp³-hybridized carbons (Fsp3) is 0.588. The number of carbonyl (C=O) groups excluding carboxylic acids is 1. The highest BCUT2D eigenvalue weighted by Gasteiger charge is 2.45. The van der Waals surface area contributed by atoms with Crippen molar-refractivity contribution < 1.29 is 24.5 Å². The van der Waals surface area contributed by atoms with Gasteiger partial charge in [0.2, 0.25) is 0 Å². The third-order valence-corrected chi connectivity index (χ3v) is 3.83. The number of nitrogens with zero attached hydrogens (tertiary/aromatic N) is 1. The van der Waals surface area contributed by atoms with Gasteiger partial charge >= 0.3 is 11.7 Å². The van der Waals surface area contributed by atoms with Crippen LogP contribution in [0.3, 0.4) is 0 Å². The van der Waals surface area contributed by atoms with Crippen molar-refractivity contribution in [1.82, 2.24) is 9.55 Å². The minimum Gasteiger partial charge on any atom is -0.462 e. The molecule has 2 rings (SSSR count). The molecule has 1 aliphatic rings. The van der Waals surface area contributed by atoms with Crippen LogP contribution in [0.1, 0.15) is 39.5 Å². The number of hydrogen-bond acceptors (Lipinski definition) is 7. The van der Waals surface area contributed by atoms with Crippen LogP contribution < -0.4 is 11.2 Å². The van der Waals surface area contributed by atoms with Crippen molar-refractivity contribution in [3.8, 4) is 11.8 Å². The summed E-state index contributed by atoms with van der Waals surface area (Å²) in [7, 11) is 0. The van der Waals surface area contributed by atoms with Crippen molar-refractivity contribution in [3.05, 3.63) is 32.6 Å². The number of esters is 1. The molecule has 0 radical (unpaired) electrons. The second-order valence-electron chi connectivity index (χ2n) is 6.98. The number of aliphatic hydroxyl groups is 2. The zero-order valence-electron chi connectivity index (χ0n) is 15.0. The van der Waals surface area contributed by atoms with Gasteiger partial charge in [-0.2, -0.15) is 0 Å². The van der Waals surface area contributed by atoms with Gasteiger partial charge in [0.1, 0.15) is 30.5 Å². The maximum Gasteiger partial charge on any atom is 0.330 e. The largest absolute Gasteiger partial charge is 0.462 e. The summed E-state index contributed by atoms with van der Waals surface area (Å²) in [6, 6.07) is 0. The van der Waals surface area contributed by atoms with Crippen LogP contribution in [0.25, 0.3) is 0 Å². The van der Waals surface area contributed by atoms with Crippen molar-refractivity contribution in [3.63, 3.8) is 0 Å². The van der Waals surface area contributed by atoms with Gasteiger partial charge in [-0.1, -0.05) is 5.92 Å². The molecule has 0 bridgehead atoms. The van der Waals surface area contributed by atoms with Gasteiger partial charge < -0.3 is 19.7 Å². The summed E-state index contributed by atoms with van der Waals surface area (Å²) in [5, 5.41) is 20.4. The first-order valence-corrected chi connectivity index (χ1v) is 8.03. The average Bonchev–Trinajstić information content (AvgIpc) is 2.82. The lowest BCUT2D eigenvalue weighted by molar-refractivity contribution is -0.159. The monoisotopic (exact) mass is 366 g/mol. The Morgan fingerprint density at radius 1 is 1.35 bits per heavy atom. The lowest BCUT2D eigenvalue weighted by Gasteiger charge is -2.20. The molecule has 1 aliphatic heterocycles. The van der Waals surface area contributed by atoms with E-state index in [1.165, 1.54) is 6.92 Å². The molecule has 26 heavy (non-hydrogen) atoms. The van der Waals surface area contributed by atoms with E-state index in [4.69, 9.17) is 9.47 Å². The smallest absolute Gasteiger partial charge is 0.330 e. The molecule has 9 heteroatoms. The van der Waals surface area contributed by atoms with Crippen molar-refractivity contribution >= 4 is 5.97 Å². The lowest BCUT2D eigenvalue weighted by atomic mass is 9.97. The Kier molecular flexibility index (Phi) is 5.71. The molecule has 1 aromatic heterocycles. The normalized spacial score (nSPS) is 25.5. The van der Waals surface area contributed by atoms with E-state index in [-0.39, 0.29) is 12.2 Å². The van der Waals surface area contributed by atoms with E-state index in [2.05, 4.69) is 16.8 Å². The minimum absolute atomic E-state index is 0.0139. The van der Waals surface area contributed by atoms with Crippen LogP contribution in [0.15, 0.2) is 15.8 Å². The van der Waals surface area contributed by atoms with E-state index in [1.54, 1.807) is 20.8 Å². The summed E-state index contributed by atoms with van der Waals surface area (Å²) < 4.78 is 11.6. The van der Waals surface area contributed by atoms with E-state index >= 15 is 0 Å². The van der Waals surface area contributed by atoms with Crippen molar-refractivity contribution in [1.29, 1.82) is 0 Å². The van der Waals surface area contributed by atoms with Gasteiger partial charge in [-0.25, -0.2) is 4.79 Å². The molecule has 0 unspecified atom stereocenters. The first kappa shape index (κ1) is 19.9. The van der Waals surface area contributed by atoms with E-state index in [0.29, 0.717) is 0 Å². The topological polar surface area (TPSA) is 131 Å². The second-order valence-corrected chi connectivity index (χ2v) is 6.98. The number of aromatic nitrogens is 2. The Hall–Kier alpha value is -2.41. The summed E-state index contributed by atoms with van der Waals surface area (Å²) in [4.78, 5) is 37.7. The number of hydrogen-bond donors (Lipinski definition) is 3. The first-order valence-electron chi connectivity index (χ1n) is 8.03. The van der Waals surface area contributed by atoms with Crippen LogP contribution >= 0.6 is 0 Å². The highest BCUT2D eigenvalue weighted by molar-refractivity contribution is 5.75. The molecule has 4 atom stereocenters. The number of carbonyl (C=O) groups is 1. The van der Waals surface area contributed by atoms with Gasteiger partial charge in [0, 0.05) is 6.20 Å². The van der Waals surface area contributed by atoms with Crippen LogP contribution in [0.2, 0.25) is 0 Å². The van der Waals surface area contributed by atoms with Gasteiger partial charge in [0.15, 0.2) is 6.23 Å². The van der Waals surface area contributed by atoms with Crippen molar-refractivity contribution in [2.24, 2.45) is 5.41 Å². The van der Waals surface area contributed by atoms with Crippen molar-refractivity contribution in [2.75, 3.05) is 6.61 Å². The predicted octanol–water partition coefficient (Wildman–Crippen LogP) is -0.883. The van der Waals surface area contributed by atoms with Crippen LogP contribution in [0.5, 0.6) is 0 Å². The van der Waals surface area contributed by atoms with Crippen LogP contribution in [0, 0.1) is 17.3 Å². The summed E-state index contributed by atoms with van der Waals surface area (Å²) in [6.07, 6.45) is -3.97. The molecular formula is C17H22N2O7. The van der Waals surface area contributed by atoms with Gasteiger partial charge in [0.05, 0.1) is 5.41 Å². The minimum atomic E-state index is -1.46. The van der Waals surface area contributed by atoms with Gasteiger partial charge in [0.25, 0.3) is 5.56 Å². The molecule has 0 saturated carbocycles. The van der Waals surface area contributed by atoms with E-state index < -0.39 is 47.2 Å². The second kappa shape index (κ2) is 7.45. The number of nitrogens with one attached hydrogen (secondary N) is 1. The molecule has 1 saturated heterocycles. The van der Waals surface area contributed by atoms with E-state index in [1.807, 2.05) is 0 Å². The Balaban J connectivity index is 2.23. The molecule has 0 spiro atoms. The molecular weight excluding hydrogens is 344 g/mol. The zero-order chi connectivity index (χ0) is 19.6. The van der Waals surface area contributed by atoms with Crippen molar-refractivity contribution in [2.45, 2.75) is 52.2 Å². The Morgan fingerprint density at radius 2 is 2.00 bits per heavy atom. The Labute approximate surface area is 149 Å². The molecule has 3 N–H and O–H groups in total.